The van der Waals surface area contributed by atoms with Crippen LogP contribution in [-0.4, -0.2) is 39.6 Å². The molecule has 29 heavy (non-hydrogen) atoms. The molecule has 0 atom stereocenters. The number of aromatic nitrogens is 8. The molecule has 0 amide bonds. The van der Waals surface area contributed by atoms with Crippen molar-refractivity contribution >= 4 is 32.6 Å². The predicted molar refractivity (Wildman–Crippen MR) is 110 cm³/mol. The first-order chi connectivity index (χ1) is 13.4. The molecule has 0 aromatic carbocycles. The van der Waals surface area contributed by atoms with Crippen LogP contribution >= 0.6 is 22.7 Å². The Labute approximate surface area is 173 Å². The van der Waals surface area contributed by atoms with E-state index in [4.69, 9.17) is 0 Å². The lowest BCUT2D eigenvalue weighted by Gasteiger charge is -2.14. The van der Waals surface area contributed by atoms with Gasteiger partial charge >= 0.3 is 0 Å². The number of nitrogens with zero attached hydrogens (tertiary/aromatic N) is 8. The summed E-state index contributed by atoms with van der Waals surface area (Å²) in [5.74, 6) is 0. The van der Waals surface area contributed by atoms with E-state index in [0.717, 1.165) is 0 Å². The van der Waals surface area contributed by atoms with Crippen molar-refractivity contribution in [2.24, 2.45) is 0 Å². The lowest BCUT2D eigenvalue weighted by atomic mass is 9.93. The fourth-order valence-electron chi connectivity index (χ4n) is 2.72. The quantitative estimate of drug-likeness (QED) is 0.468. The monoisotopic (exact) mass is 432 g/mol. The molecule has 0 aliphatic carbocycles. The van der Waals surface area contributed by atoms with Crippen molar-refractivity contribution in [1.82, 2.24) is 39.6 Å². The van der Waals surface area contributed by atoms with E-state index in [-0.39, 0.29) is 11.1 Å². The minimum atomic E-state index is -0.424. The smallest absolute Gasteiger partial charge is 0.265 e. The molecule has 0 bridgehead atoms. The highest BCUT2D eigenvalue weighted by molar-refractivity contribution is 7.18. The second-order valence-corrected chi connectivity index (χ2v) is 10.8. The van der Waals surface area contributed by atoms with Gasteiger partial charge in [-0.25, -0.2) is 0 Å². The summed E-state index contributed by atoms with van der Waals surface area (Å²) < 4.78 is 2.56. The number of rotatable bonds is 2. The van der Waals surface area contributed by atoms with Gasteiger partial charge in [0.25, 0.3) is 11.1 Å². The third kappa shape index (κ3) is 3.46. The summed E-state index contributed by atoms with van der Waals surface area (Å²) in [6.45, 7) is 11.4. The molecule has 0 fully saturated rings. The highest BCUT2D eigenvalue weighted by Crippen LogP contribution is 2.21. The van der Waals surface area contributed by atoms with Gasteiger partial charge < -0.3 is 0 Å². The summed E-state index contributed by atoms with van der Waals surface area (Å²) in [5.41, 5.74) is -0.663. The zero-order valence-corrected chi connectivity index (χ0v) is 18.6. The molecule has 4 rings (SSSR count). The van der Waals surface area contributed by atoms with E-state index < -0.39 is 10.8 Å². The van der Waals surface area contributed by atoms with E-state index in [2.05, 4.69) is 30.6 Å². The van der Waals surface area contributed by atoms with Crippen LogP contribution in [0.2, 0.25) is 0 Å². The Morgan fingerprint density at radius 3 is 1.41 bits per heavy atom. The first-order valence-corrected chi connectivity index (χ1v) is 10.6. The Balaban J connectivity index is 1.74. The summed E-state index contributed by atoms with van der Waals surface area (Å²) in [6.07, 6.45) is 0.358. The van der Waals surface area contributed by atoms with Crippen molar-refractivity contribution in [3.63, 3.8) is 0 Å². The molecule has 4 aromatic rings. The maximum Gasteiger partial charge on any atom is 0.297 e. The van der Waals surface area contributed by atoms with E-state index in [9.17, 15) is 9.59 Å². The van der Waals surface area contributed by atoms with E-state index in [1.807, 2.05) is 41.5 Å². The molecule has 0 radical (unpaired) electrons. The van der Waals surface area contributed by atoms with Crippen LogP contribution in [0, 0.1) is 0 Å². The minimum absolute atomic E-state index is 0.272. The molecule has 4 heterocycles. The first-order valence-electron chi connectivity index (χ1n) is 8.97. The number of hydrogen-bond donors (Lipinski definition) is 0. The van der Waals surface area contributed by atoms with E-state index in [0.29, 0.717) is 37.7 Å². The first kappa shape index (κ1) is 19.7. The van der Waals surface area contributed by atoms with Gasteiger partial charge in [0, 0.05) is 10.8 Å². The zero-order valence-electron chi connectivity index (χ0n) is 16.9. The highest BCUT2D eigenvalue weighted by Gasteiger charge is 2.25. The Hall–Kier alpha value is -2.60. The summed E-state index contributed by atoms with van der Waals surface area (Å²) in [5, 5.41) is 26.5. The molecule has 0 saturated heterocycles. The van der Waals surface area contributed by atoms with Gasteiger partial charge in [-0.15, -0.1) is 20.4 Å². The topological polar surface area (TPSA) is 120 Å². The van der Waals surface area contributed by atoms with Gasteiger partial charge in [0.1, 0.15) is 21.4 Å². The average molecular weight is 433 g/mol. The van der Waals surface area contributed by atoms with Gasteiger partial charge in [-0.1, -0.05) is 64.2 Å². The van der Waals surface area contributed by atoms with Crippen molar-refractivity contribution in [3.8, 4) is 0 Å². The molecule has 4 aromatic heterocycles. The lowest BCUT2D eigenvalue weighted by Crippen LogP contribution is -2.30. The molecule has 0 N–H and O–H groups in total. The maximum atomic E-state index is 12.7. The Bertz CT molecular complexity index is 1250. The fraction of sp³-hybridized carbons (Fsp3) is 0.529. The van der Waals surface area contributed by atoms with Crippen molar-refractivity contribution in [2.75, 3.05) is 0 Å². The van der Waals surface area contributed by atoms with Gasteiger partial charge in [0.15, 0.2) is 0 Å². The molecule has 12 heteroatoms. The van der Waals surface area contributed by atoms with Crippen molar-refractivity contribution in [1.29, 1.82) is 0 Å². The molecule has 0 spiro atoms. The molecule has 0 aliphatic heterocycles. The van der Waals surface area contributed by atoms with Gasteiger partial charge in [-0.05, 0) is 0 Å². The van der Waals surface area contributed by atoms with Crippen LogP contribution in [0.1, 0.15) is 62.9 Å². The predicted octanol–water partition coefficient (Wildman–Crippen LogP) is 1.59. The van der Waals surface area contributed by atoms with Crippen molar-refractivity contribution in [3.05, 3.63) is 42.1 Å². The van der Waals surface area contributed by atoms with Crippen LogP contribution in [-0.2, 0) is 17.3 Å². The van der Waals surface area contributed by atoms with Crippen LogP contribution < -0.4 is 11.1 Å². The zero-order chi connectivity index (χ0) is 21.1. The Morgan fingerprint density at radius 2 is 1.07 bits per heavy atom. The van der Waals surface area contributed by atoms with Gasteiger partial charge in [0.05, 0.1) is 6.42 Å². The third-order valence-corrected chi connectivity index (χ3v) is 5.99. The minimum Gasteiger partial charge on any atom is -0.265 e. The Morgan fingerprint density at radius 1 is 0.690 bits per heavy atom. The van der Waals surface area contributed by atoms with E-state index in [1.165, 1.54) is 31.7 Å². The molecule has 152 valence electrons. The van der Waals surface area contributed by atoms with Crippen LogP contribution in [0.15, 0.2) is 9.59 Å². The van der Waals surface area contributed by atoms with Crippen molar-refractivity contribution in [2.45, 2.75) is 58.8 Å². The molecular formula is C17H20N8O2S2. The van der Waals surface area contributed by atoms with Crippen LogP contribution in [0.5, 0.6) is 0 Å². The van der Waals surface area contributed by atoms with Crippen LogP contribution in [0.4, 0.5) is 0 Å². The summed E-state index contributed by atoms with van der Waals surface area (Å²) in [6, 6.07) is 0. The second-order valence-electron chi connectivity index (χ2n) is 8.76. The lowest BCUT2D eigenvalue weighted by molar-refractivity contribution is 0.541. The summed E-state index contributed by atoms with van der Waals surface area (Å²) >= 11 is 2.54. The van der Waals surface area contributed by atoms with Gasteiger partial charge in [-0.2, -0.15) is 19.2 Å². The standard InChI is InChI=1S/C17H20N8O2S2/c1-16(2,3)10-12(26)24-14(20-18-10)28-8(22-24)7-9-23-25-13(27)11(17(4,5)6)19-21-15(25)29-9/h7H2,1-6H3. The van der Waals surface area contributed by atoms with Crippen LogP contribution in [0.3, 0.4) is 0 Å². The van der Waals surface area contributed by atoms with Crippen molar-refractivity contribution < 1.29 is 0 Å². The molecule has 0 aliphatic rings. The molecule has 10 nitrogen and oxygen atoms in total. The van der Waals surface area contributed by atoms with Crippen LogP contribution in [0.25, 0.3) is 9.92 Å². The number of fused-ring (bicyclic) bond motifs is 2. The maximum absolute atomic E-state index is 12.7. The largest absolute Gasteiger partial charge is 0.297 e. The SMILES string of the molecule is CC(C)(C)c1nnc2sc(Cc3nn4c(=O)c(C(C)(C)C)nnc4s3)nn2c1=O. The summed E-state index contributed by atoms with van der Waals surface area (Å²) in [7, 11) is 0. The Kier molecular flexibility index (Phi) is 4.39. The summed E-state index contributed by atoms with van der Waals surface area (Å²) in [4.78, 5) is 26.2. The second kappa shape index (κ2) is 6.46. The van der Waals surface area contributed by atoms with E-state index in [1.54, 1.807) is 0 Å². The normalized spacial score (nSPS) is 12.9. The average Bonchev–Trinajstić information content (AvgIpc) is 3.17. The fourth-order valence-corrected chi connectivity index (χ4v) is 4.48. The number of hydrogen-bond acceptors (Lipinski definition) is 10. The molecular weight excluding hydrogens is 412 g/mol. The molecule has 0 unspecified atom stereocenters. The van der Waals surface area contributed by atoms with E-state index >= 15 is 0 Å². The molecule has 0 saturated carbocycles. The van der Waals surface area contributed by atoms with Gasteiger partial charge in [-0.3, -0.25) is 9.59 Å². The third-order valence-electron chi connectivity index (χ3n) is 4.19. The highest BCUT2D eigenvalue weighted by atomic mass is 32.1. The van der Waals surface area contributed by atoms with Gasteiger partial charge in [0.2, 0.25) is 9.92 Å².